The van der Waals surface area contributed by atoms with Crippen LogP contribution in [0.1, 0.15) is 35.0 Å². The minimum absolute atomic E-state index is 0.114. The number of carbonyl (C=O) groups excluding carboxylic acids is 2. The van der Waals surface area contributed by atoms with E-state index in [1.807, 2.05) is 26.0 Å². The summed E-state index contributed by atoms with van der Waals surface area (Å²) in [5.41, 5.74) is 1.94. The largest absolute Gasteiger partial charge is 0.465 e. The third-order valence-corrected chi connectivity index (χ3v) is 4.57. The Balaban J connectivity index is 2.56. The van der Waals surface area contributed by atoms with Crippen molar-refractivity contribution in [3.8, 4) is 11.1 Å². The lowest BCUT2D eigenvalue weighted by Gasteiger charge is -2.08. The van der Waals surface area contributed by atoms with Crippen molar-refractivity contribution in [1.82, 2.24) is 0 Å². The topological polar surface area (TPSA) is 55.4 Å². The van der Waals surface area contributed by atoms with Crippen LogP contribution in [0.3, 0.4) is 0 Å². The highest BCUT2D eigenvalue weighted by atomic mass is 35.5. The maximum Gasteiger partial charge on any atom is 0.341 e. The van der Waals surface area contributed by atoms with Crippen LogP contribution < -0.4 is 5.32 Å². The number of rotatable bonds is 5. The lowest BCUT2D eigenvalue weighted by molar-refractivity contribution is -0.116. The molecule has 0 saturated carbocycles. The molecule has 1 N–H and O–H groups in total. The number of ether oxygens (including phenoxy) is 1. The first-order chi connectivity index (χ1) is 11.0. The molecule has 4 nitrogen and oxygen atoms in total. The Bertz CT molecular complexity index is 739. The fraction of sp³-hybridized carbons (Fsp3) is 0.294. The summed E-state index contributed by atoms with van der Waals surface area (Å²) in [5, 5.41) is 3.92. The number of halogens is 1. The molecule has 2 aromatic rings. The summed E-state index contributed by atoms with van der Waals surface area (Å²) in [6.45, 7) is 3.83. The molecule has 0 aliphatic rings. The second-order valence-electron chi connectivity index (χ2n) is 5.04. The molecule has 23 heavy (non-hydrogen) atoms. The molecule has 1 aromatic carbocycles. The van der Waals surface area contributed by atoms with Gasteiger partial charge in [0.2, 0.25) is 5.91 Å². The molecule has 0 aliphatic heterocycles. The number of aryl methyl sites for hydroxylation is 1. The number of amides is 1. The van der Waals surface area contributed by atoms with Gasteiger partial charge in [0.25, 0.3) is 0 Å². The molecule has 0 saturated heterocycles. The number of nitrogens with one attached hydrogen (secondary N) is 1. The predicted octanol–water partition coefficient (Wildman–Crippen LogP) is 4.90. The van der Waals surface area contributed by atoms with E-state index in [0.29, 0.717) is 22.0 Å². The third-order valence-electron chi connectivity index (χ3n) is 3.32. The smallest absolute Gasteiger partial charge is 0.341 e. The molecular formula is C17H18ClNO3S. The number of benzene rings is 1. The van der Waals surface area contributed by atoms with E-state index in [1.165, 1.54) is 18.4 Å². The van der Waals surface area contributed by atoms with E-state index in [-0.39, 0.29) is 5.91 Å². The van der Waals surface area contributed by atoms with Crippen LogP contribution >= 0.6 is 22.9 Å². The van der Waals surface area contributed by atoms with Gasteiger partial charge in [0.15, 0.2) is 0 Å². The molecule has 122 valence electrons. The van der Waals surface area contributed by atoms with Crippen LogP contribution in [-0.4, -0.2) is 19.0 Å². The van der Waals surface area contributed by atoms with Gasteiger partial charge in [-0.2, -0.15) is 0 Å². The van der Waals surface area contributed by atoms with Crippen LogP contribution in [0.5, 0.6) is 0 Å². The Morgan fingerprint density at radius 1 is 1.35 bits per heavy atom. The zero-order chi connectivity index (χ0) is 17.0. The molecular weight excluding hydrogens is 334 g/mol. The Labute approximate surface area is 144 Å². The Hall–Kier alpha value is -1.85. The van der Waals surface area contributed by atoms with Gasteiger partial charge in [-0.1, -0.05) is 30.7 Å². The number of thiophene rings is 1. The van der Waals surface area contributed by atoms with Gasteiger partial charge in [0.1, 0.15) is 10.6 Å². The quantitative estimate of drug-likeness (QED) is 0.779. The number of carbonyl (C=O) groups is 2. The summed E-state index contributed by atoms with van der Waals surface area (Å²) in [6, 6.07) is 7.27. The molecule has 1 amide bonds. The number of anilines is 1. The van der Waals surface area contributed by atoms with Gasteiger partial charge in [-0.15, -0.1) is 11.3 Å². The van der Waals surface area contributed by atoms with Crippen molar-refractivity contribution in [3.63, 3.8) is 0 Å². The van der Waals surface area contributed by atoms with Crippen LogP contribution in [0.25, 0.3) is 11.1 Å². The van der Waals surface area contributed by atoms with E-state index in [1.54, 1.807) is 12.1 Å². The molecule has 0 fully saturated rings. The minimum Gasteiger partial charge on any atom is -0.465 e. The van der Waals surface area contributed by atoms with Crippen molar-refractivity contribution < 1.29 is 14.3 Å². The highest BCUT2D eigenvalue weighted by Gasteiger charge is 2.25. The van der Waals surface area contributed by atoms with E-state index in [4.69, 9.17) is 16.3 Å². The molecule has 0 radical (unpaired) electrons. The maximum absolute atomic E-state index is 12.3. The molecule has 0 bridgehead atoms. The van der Waals surface area contributed by atoms with Crippen molar-refractivity contribution in [2.24, 2.45) is 0 Å². The first-order valence-corrected chi connectivity index (χ1v) is 8.44. The summed E-state index contributed by atoms with van der Waals surface area (Å²) >= 11 is 7.43. The van der Waals surface area contributed by atoms with Crippen molar-refractivity contribution in [3.05, 3.63) is 39.7 Å². The molecule has 0 unspecified atom stereocenters. The van der Waals surface area contributed by atoms with Gasteiger partial charge in [-0.3, -0.25) is 4.79 Å². The van der Waals surface area contributed by atoms with E-state index in [2.05, 4.69) is 5.32 Å². The fourth-order valence-corrected chi connectivity index (χ4v) is 3.61. The summed E-state index contributed by atoms with van der Waals surface area (Å²) in [6.07, 6.45) is 1.15. The first kappa shape index (κ1) is 17.5. The maximum atomic E-state index is 12.3. The summed E-state index contributed by atoms with van der Waals surface area (Å²) in [7, 11) is 1.33. The second-order valence-corrected chi connectivity index (χ2v) is 6.70. The number of hydrogen-bond donors (Lipinski definition) is 1. The lowest BCUT2D eigenvalue weighted by atomic mass is 10.0. The van der Waals surface area contributed by atoms with Crippen molar-refractivity contribution in [2.75, 3.05) is 12.4 Å². The van der Waals surface area contributed by atoms with E-state index in [9.17, 15) is 9.59 Å². The average Bonchev–Trinajstić information content (AvgIpc) is 2.82. The average molecular weight is 352 g/mol. The lowest BCUT2D eigenvalue weighted by Crippen LogP contribution is -2.13. The molecule has 2 rings (SSSR count). The van der Waals surface area contributed by atoms with Gasteiger partial charge in [-0.25, -0.2) is 4.79 Å². The summed E-state index contributed by atoms with van der Waals surface area (Å²) in [4.78, 5) is 25.1. The number of hydrogen-bond acceptors (Lipinski definition) is 4. The van der Waals surface area contributed by atoms with E-state index >= 15 is 0 Å². The van der Waals surface area contributed by atoms with Gasteiger partial charge < -0.3 is 10.1 Å². The second kappa shape index (κ2) is 7.62. The van der Waals surface area contributed by atoms with Gasteiger partial charge in [0, 0.05) is 21.9 Å². The zero-order valence-electron chi connectivity index (χ0n) is 13.2. The molecule has 6 heteroatoms. The van der Waals surface area contributed by atoms with E-state index in [0.717, 1.165) is 22.4 Å². The van der Waals surface area contributed by atoms with Crippen molar-refractivity contribution in [1.29, 1.82) is 0 Å². The Morgan fingerprint density at radius 3 is 2.70 bits per heavy atom. The predicted molar refractivity (Wildman–Crippen MR) is 94.4 cm³/mol. The van der Waals surface area contributed by atoms with E-state index < -0.39 is 5.97 Å². The van der Waals surface area contributed by atoms with Gasteiger partial charge in [0.05, 0.1) is 7.11 Å². The monoisotopic (exact) mass is 351 g/mol. The highest BCUT2D eigenvalue weighted by molar-refractivity contribution is 7.17. The van der Waals surface area contributed by atoms with Crippen LogP contribution in [0.4, 0.5) is 5.00 Å². The first-order valence-electron chi connectivity index (χ1n) is 7.25. The molecule has 1 aromatic heterocycles. The van der Waals surface area contributed by atoms with Crippen molar-refractivity contribution in [2.45, 2.75) is 26.7 Å². The highest BCUT2D eigenvalue weighted by Crippen LogP contribution is 2.41. The fourth-order valence-electron chi connectivity index (χ4n) is 2.34. The molecule has 0 atom stereocenters. The Morgan fingerprint density at radius 2 is 2.09 bits per heavy atom. The third kappa shape index (κ3) is 3.92. The standard InChI is InChI=1S/C17H18ClNO3S/c1-4-6-13(20)19-16-15(17(21)22-3)14(10(2)23-16)11-7-5-8-12(18)9-11/h5,7-9H,4,6H2,1-3H3,(H,19,20). The van der Waals surface area contributed by atoms with Gasteiger partial charge >= 0.3 is 5.97 Å². The van der Waals surface area contributed by atoms with Crippen LogP contribution in [0.2, 0.25) is 5.02 Å². The van der Waals surface area contributed by atoms with Crippen LogP contribution in [-0.2, 0) is 9.53 Å². The van der Waals surface area contributed by atoms with Gasteiger partial charge in [-0.05, 0) is 31.0 Å². The molecule has 0 spiro atoms. The normalized spacial score (nSPS) is 10.4. The van der Waals surface area contributed by atoms with Crippen LogP contribution in [0.15, 0.2) is 24.3 Å². The van der Waals surface area contributed by atoms with Crippen molar-refractivity contribution >= 4 is 39.8 Å². The summed E-state index contributed by atoms with van der Waals surface area (Å²) in [5.74, 6) is -0.590. The SMILES string of the molecule is CCCC(=O)Nc1sc(C)c(-c2cccc(Cl)c2)c1C(=O)OC. The minimum atomic E-state index is -0.476. The summed E-state index contributed by atoms with van der Waals surface area (Å²) < 4.78 is 4.91. The number of methoxy groups -OCH3 is 1. The molecule has 1 heterocycles. The molecule has 0 aliphatic carbocycles. The Kier molecular flexibility index (Phi) is 5.80. The number of esters is 1. The van der Waals surface area contributed by atoms with Crippen LogP contribution in [0, 0.1) is 6.92 Å². The zero-order valence-corrected chi connectivity index (χ0v) is 14.8.